The predicted octanol–water partition coefficient (Wildman–Crippen LogP) is 5.77. The number of carbonyl (C=O) groups is 1. The van der Waals surface area contributed by atoms with E-state index in [1.165, 1.54) is 12.4 Å². The summed E-state index contributed by atoms with van der Waals surface area (Å²) in [6, 6.07) is 17.5. The Kier molecular flexibility index (Phi) is 8.68. The Morgan fingerprint density at radius 2 is 1.86 bits per heavy atom. The first kappa shape index (κ1) is 28.6. The summed E-state index contributed by atoms with van der Waals surface area (Å²) in [7, 11) is 0. The molecule has 216 valence electrons. The third kappa shape index (κ3) is 6.70. The Labute approximate surface area is 244 Å². The van der Waals surface area contributed by atoms with Crippen molar-refractivity contribution in [2.75, 3.05) is 31.6 Å². The molecule has 9 heteroatoms. The molecule has 5 aromatic rings. The van der Waals surface area contributed by atoms with Crippen LogP contribution < -0.4 is 15.6 Å². The molecule has 0 saturated carbocycles. The predicted molar refractivity (Wildman–Crippen MR) is 168 cm³/mol. The first-order chi connectivity index (χ1) is 20.3. The number of nitrogens with zero attached hydrogens (tertiary/aromatic N) is 3. The number of H-pyrrole nitrogens is 2. The van der Waals surface area contributed by atoms with Crippen molar-refractivity contribution in [2.45, 2.75) is 27.3 Å². The van der Waals surface area contributed by atoms with Crippen LogP contribution in [0.4, 0.5) is 5.69 Å². The Hall–Kier alpha value is -4.89. The Morgan fingerprint density at radius 1 is 1.07 bits per heavy atom. The van der Waals surface area contributed by atoms with Gasteiger partial charge in [-0.3, -0.25) is 14.3 Å². The van der Waals surface area contributed by atoms with E-state index < -0.39 is 0 Å². The lowest BCUT2D eigenvalue weighted by Crippen LogP contribution is -2.27. The Bertz CT molecular complexity index is 1760. The van der Waals surface area contributed by atoms with Crippen LogP contribution in [0.15, 0.2) is 84.6 Å². The van der Waals surface area contributed by atoms with Crippen LogP contribution in [0.1, 0.15) is 42.3 Å². The second-order valence-electron chi connectivity index (χ2n) is 10.3. The highest BCUT2D eigenvalue weighted by Crippen LogP contribution is 2.27. The number of likely N-dealkylation sites (N-methyl/N-ethyl adjacent to an activating group) is 1. The molecule has 0 aliphatic heterocycles. The van der Waals surface area contributed by atoms with Crippen LogP contribution in [0.25, 0.3) is 27.7 Å². The minimum atomic E-state index is -0.319. The summed E-state index contributed by atoms with van der Waals surface area (Å²) in [6.45, 7) is 14.2. The van der Waals surface area contributed by atoms with Gasteiger partial charge in [0.2, 0.25) is 0 Å². The van der Waals surface area contributed by atoms with Crippen molar-refractivity contribution in [3.63, 3.8) is 0 Å². The molecule has 42 heavy (non-hydrogen) atoms. The number of fused-ring (bicyclic) bond motifs is 1. The maximum atomic E-state index is 13.0. The van der Waals surface area contributed by atoms with Crippen LogP contribution >= 0.6 is 0 Å². The van der Waals surface area contributed by atoms with Crippen LogP contribution in [0.2, 0.25) is 0 Å². The fraction of sp³-hybridized carbons (Fsp3) is 0.242. The third-order valence-electron chi connectivity index (χ3n) is 7.30. The van der Waals surface area contributed by atoms with Gasteiger partial charge >= 0.3 is 0 Å². The number of aromatic amines is 2. The van der Waals surface area contributed by atoms with Gasteiger partial charge in [0.1, 0.15) is 12.4 Å². The molecule has 3 heterocycles. The van der Waals surface area contributed by atoms with Crippen LogP contribution in [-0.4, -0.2) is 56.8 Å². The third-order valence-corrected chi connectivity index (χ3v) is 7.30. The number of amides is 1. The van der Waals surface area contributed by atoms with Crippen molar-refractivity contribution >= 4 is 28.1 Å². The fourth-order valence-corrected chi connectivity index (χ4v) is 4.79. The zero-order valence-corrected chi connectivity index (χ0v) is 24.2. The number of aromatic nitrogens is 4. The zero-order valence-electron chi connectivity index (χ0n) is 24.2. The molecule has 1 amide bonds. The van der Waals surface area contributed by atoms with Crippen LogP contribution in [0.3, 0.4) is 0 Å². The molecular formula is C33H36N6O3. The molecular weight excluding hydrogens is 528 g/mol. The average molecular weight is 565 g/mol. The lowest BCUT2D eigenvalue weighted by molar-refractivity contribution is 0.102. The number of rotatable bonds is 12. The molecule has 3 N–H and O–H groups in total. The first-order valence-corrected chi connectivity index (χ1v) is 14.1. The SMILES string of the molecule is C=C(C)c1ccc(Cn2cc(C(=O)Nc3c[nH]c(=O)c(-c4cc5cc(OCCN(CC)CC)ccc5[nH]4)c3)cn2)cc1. The monoisotopic (exact) mass is 564 g/mol. The van der Waals surface area contributed by atoms with Gasteiger partial charge in [0.15, 0.2) is 0 Å². The molecule has 0 saturated heterocycles. The molecule has 9 nitrogen and oxygen atoms in total. The second kappa shape index (κ2) is 12.7. The van der Waals surface area contributed by atoms with E-state index in [0.29, 0.717) is 35.7 Å². The molecule has 5 rings (SSSR count). The van der Waals surface area contributed by atoms with Crippen molar-refractivity contribution < 1.29 is 9.53 Å². The van der Waals surface area contributed by atoms with Gasteiger partial charge in [-0.05, 0) is 61.5 Å². The summed E-state index contributed by atoms with van der Waals surface area (Å²) in [5, 5.41) is 8.14. The fourth-order valence-electron chi connectivity index (χ4n) is 4.79. The summed E-state index contributed by atoms with van der Waals surface area (Å²) in [5.74, 6) is 0.458. The van der Waals surface area contributed by atoms with Crippen LogP contribution in [-0.2, 0) is 6.54 Å². The molecule has 3 aromatic heterocycles. The number of anilines is 1. The van der Waals surface area contributed by atoms with Gasteiger partial charge < -0.3 is 24.9 Å². The maximum absolute atomic E-state index is 13.0. The van der Waals surface area contributed by atoms with Crippen molar-refractivity contribution in [1.82, 2.24) is 24.6 Å². The normalized spacial score (nSPS) is 11.2. The van der Waals surface area contributed by atoms with E-state index in [1.54, 1.807) is 16.9 Å². The zero-order chi connectivity index (χ0) is 29.6. The van der Waals surface area contributed by atoms with E-state index >= 15 is 0 Å². The van der Waals surface area contributed by atoms with E-state index in [1.807, 2.05) is 55.5 Å². The van der Waals surface area contributed by atoms with Crippen molar-refractivity contribution in [3.8, 4) is 17.0 Å². The molecule has 0 spiro atoms. The number of hydrogen-bond acceptors (Lipinski definition) is 5. The Balaban J connectivity index is 1.26. The molecule has 0 aliphatic rings. The van der Waals surface area contributed by atoms with Gasteiger partial charge in [0.05, 0.1) is 35.2 Å². The van der Waals surface area contributed by atoms with E-state index in [2.05, 4.69) is 45.7 Å². The summed E-state index contributed by atoms with van der Waals surface area (Å²) in [5.41, 5.74) is 5.74. The van der Waals surface area contributed by atoms with Gasteiger partial charge in [0.25, 0.3) is 11.5 Å². The molecule has 0 bridgehead atoms. The molecule has 0 unspecified atom stereocenters. The molecule has 0 fully saturated rings. The van der Waals surface area contributed by atoms with Crippen molar-refractivity contribution in [2.24, 2.45) is 0 Å². The number of benzene rings is 2. The maximum Gasteiger partial charge on any atom is 0.258 e. The van der Waals surface area contributed by atoms with Gasteiger partial charge in [-0.25, -0.2) is 0 Å². The number of ether oxygens (including phenoxy) is 1. The molecule has 0 atom stereocenters. The summed E-state index contributed by atoms with van der Waals surface area (Å²) >= 11 is 0. The minimum Gasteiger partial charge on any atom is -0.492 e. The highest BCUT2D eigenvalue weighted by atomic mass is 16.5. The number of nitrogens with one attached hydrogen (secondary N) is 3. The van der Waals surface area contributed by atoms with Crippen molar-refractivity contribution in [1.29, 1.82) is 0 Å². The van der Waals surface area contributed by atoms with Gasteiger partial charge in [-0.2, -0.15) is 5.10 Å². The topological polar surface area (TPSA) is 108 Å². The number of pyridine rings is 1. The summed E-state index contributed by atoms with van der Waals surface area (Å²) < 4.78 is 7.68. The highest BCUT2D eigenvalue weighted by Gasteiger charge is 2.13. The van der Waals surface area contributed by atoms with Crippen LogP contribution in [0, 0.1) is 0 Å². The Morgan fingerprint density at radius 3 is 2.60 bits per heavy atom. The lowest BCUT2D eigenvalue weighted by atomic mass is 10.1. The molecule has 0 aliphatic carbocycles. The summed E-state index contributed by atoms with van der Waals surface area (Å²) in [4.78, 5) is 34.1. The smallest absolute Gasteiger partial charge is 0.258 e. The highest BCUT2D eigenvalue weighted by molar-refractivity contribution is 6.04. The second-order valence-corrected chi connectivity index (χ2v) is 10.3. The molecule has 2 aromatic carbocycles. The van der Waals surface area contributed by atoms with Crippen molar-refractivity contribution in [3.05, 3.63) is 107 Å². The number of hydrogen-bond donors (Lipinski definition) is 3. The lowest BCUT2D eigenvalue weighted by Gasteiger charge is -2.17. The van der Waals surface area contributed by atoms with E-state index in [9.17, 15) is 9.59 Å². The van der Waals surface area contributed by atoms with Gasteiger partial charge in [0, 0.05) is 29.8 Å². The number of allylic oxidation sites excluding steroid dienone is 1. The largest absolute Gasteiger partial charge is 0.492 e. The van der Waals surface area contributed by atoms with Gasteiger partial charge in [-0.1, -0.05) is 50.3 Å². The van der Waals surface area contributed by atoms with E-state index in [4.69, 9.17) is 4.74 Å². The minimum absolute atomic E-state index is 0.263. The standard InChI is InChI=1S/C33H36N6O3/c1-5-38(6-2)13-14-42-28-11-12-30-25(15-28)16-31(37-30)29-17-27(19-34-33(29)41)36-32(40)26-18-35-39(21-26)20-23-7-9-24(10-8-23)22(3)4/h7-12,15-19,21,37H,3,5-6,13-14,20H2,1-2,4H3,(H,34,41)(H,36,40). The van der Waals surface area contributed by atoms with Gasteiger partial charge in [-0.15, -0.1) is 0 Å². The quantitative estimate of drug-likeness (QED) is 0.178. The number of carbonyl (C=O) groups excluding carboxylic acids is 1. The van der Waals surface area contributed by atoms with E-state index in [0.717, 1.165) is 53.0 Å². The molecule has 0 radical (unpaired) electrons. The van der Waals surface area contributed by atoms with Crippen LogP contribution in [0.5, 0.6) is 5.75 Å². The van der Waals surface area contributed by atoms with E-state index in [-0.39, 0.29) is 11.5 Å². The first-order valence-electron chi connectivity index (χ1n) is 14.1. The average Bonchev–Trinajstić information content (AvgIpc) is 3.63. The summed E-state index contributed by atoms with van der Waals surface area (Å²) in [6.07, 6.45) is 4.72.